The van der Waals surface area contributed by atoms with E-state index in [0.717, 1.165) is 40.3 Å². The summed E-state index contributed by atoms with van der Waals surface area (Å²) in [5.41, 5.74) is 3.16. The number of para-hydroxylation sites is 2. The van der Waals surface area contributed by atoms with E-state index in [0.29, 0.717) is 18.0 Å². The lowest BCUT2D eigenvalue weighted by Gasteiger charge is -2.01. The van der Waals surface area contributed by atoms with Gasteiger partial charge in [-0.2, -0.15) is 0 Å². The van der Waals surface area contributed by atoms with Crippen LogP contribution < -0.4 is 5.32 Å². The van der Waals surface area contributed by atoms with E-state index in [-0.39, 0.29) is 5.91 Å². The molecule has 0 aliphatic heterocycles. The van der Waals surface area contributed by atoms with Gasteiger partial charge >= 0.3 is 0 Å². The van der Waals surface area contributed by atoms with Crippen LogP contribution in [0.4, 0.5) is 5.13 Å². The number of aromatic nitrogens is 4. The summed E-state index contributed by atoms with van der Waals surface area (Å²) in [5.74, 6) is 0.888. The lowest BCUT2D eigenvalue weighted by Crippen LogP contribution is -2.12. The van der Waals surface area contributed by atoms with Crippen LogP contribution in [0, 0.1) is 0 Å². The van der Waals surface area contributed by atoms with Crippen molar-refractivity contribution in [1.29, 1.82) is 0 Å². The number of benzene rings is 2. The fourth-order valence-corrected chi connectivity index (χ4v) is 3.59. The van der Waals surface area contributed by atoms with E-state index >= 15 is 0 Å². The number of hydrogen-bond donors (Lipinski definition) is 2. The molecule has 136 valence electrons. The Morgan fingerprint density at radius 1 is 0.963 bits per heavy atom. The van der Waals surface area contributed by atoms with Crippen LogP contribution in [-0.2, 0) is 24.1 Å². The molecule has 27 heavy (non-hydrogen) atoms. The van der Waals surface area contributed by atoms with E-state index in [1.54, 1.807) is 0 Å². The van der Waals surface area contributed by atoms with Crippen molar-refractivity contribution >= 4 is 33.4 Å². The quantitative estimate of drug-likeness (QED) is 0.513. The van der Waals surface area contributed by atoms with Crippen LogP contribution >= 0.6 is 11.3 Å². The second-order valence-corrected chi connectivity index (χ2v) is 7.30. The van der Waals surface area contributed by atoms with Crippen LogP contribution in [0.5, 0.6) is 0 Å². The first-order valence-corrected chi connectivity index (χ1v) is 9.68. The fraction of sp³-hybridized carbons (Fsp3) is 0.200. The molecule has 0 aliphatic rings. The third-order valence-corrected chi connectivity index (χ3v) is 5.11. The SMILES string of the molecule is O=C(CCc1ccccc1)Nc1nnc(CCc2nc3ccccc3[nH]2)s1. The maximum atomic E-state index is 12.1. The minimum Gasteiger partial charge on any atom is -0.342 e. The second kappa shape index (κ2) is 8.09. The van der Waals surface area contributed by atoms with Gasteiger partial charge in [-0.05, 0) is 24.1 Å². The molecule has 0 saturated carbocycles. The highest BCUT2D eigenvalue weighted by molar-refractivity contribution is 7.15. The molecule has 0 bridgehead atoms. The van der Waals surface area contributed by atoms with Crippen molar-refractivity contribution < 1.29 is 4.79 Å². The number of aryl methyl sites for hydroxylation is 3. The van der Waals surface area contributed by atoms with E-state index in [2.05, 4.69) is 25.5 Å². The van der Waals surface area contributed by atoms with Gasteiger partial charge < -0.3 is 10.3 Å². The number of rotatable bonds is 7. The zero-order valence-electron chi connectivity index (χ0n) is 14.7. The molecular formula is C20H19N5OS. The molecule has 4 aromatic rings. The van der Waals surface area contributed by atoms with Crippen molar-refractivity contribution in [3.05, 3.63) is 71.0 Å². The molecule has 0 spiro atoms. The van der Waals surface area contributed by atoms with Crippen LogP contribution in [0.15, 0.2) is 54.6 Å². The molecule has 0 unspecified atom stereocenters. The van der Waals surface area contributed by atoms with E-state index in [1.807, 2.05) is 54.6 Å². The number of nitrogens with one attached hydrogen (secondary N) is 2. The number of hydrogen-bond acceptors (Lipinski definition) is 5. The Balaban J connectivity index is 1.28. The number of carbonyl (C=O) groups excluding carboxylic acids is 1. The summed E-state index contributed by atoms with van der Waals surface area (Å²) in [7, 11) is 0. The predicted octanol–water partition coefficient (Wildman–Crippen LogP) is 3.77. The third-order valence-electron chi connectivity index (χ3n) is 4.21. The number of H-pyrrole nitrogens is 1. The normalized spacial score (nSPS) is 11.0. The highest BCUT2D eigenvalue weighted by Gasteiger charge is 2.10. The molecule has 0 radical (unpaired) electrons. The number of carbonyl (C=O) groups is 1. The van der Waals surface area contributed by atoms with Crippen molar-refractivity contribution in [2.24, 2.45) is 0 Å². The van der Waals surface area contributed by atoms with E-state index in [9.17, 15) is 4.79 Å². The summed E-state index contributed by atoms with van der Waals surface area (Å²) >= 11 is 1.41. The average molecular weight is 377 g/mol. The fourth-order valence-electron chi connectivity index (χ4n) is 2.84. The summed E-state index contributed by atoms with van der Waals surface area (Å²) in [6, 6.07) is 17.9. The van der Waals surface area contributed by atoms with Gasteiger partial charge in [0, 0.05) is 19.3 Å². The van der Waals surface area contributed by atoms with E-state index in [4.69, 9.17) is 0 Å². The molecular weight excluding hydrogens is 358 g/mol. The van der Waals surface area contributed by atoms with Crippen molar-refractivity contribution in [1.82, 2.24) is 20.2 Å². The smallest absolute Gasteiger partial charge is 0.226 e. The Bertz CT molecular complexity index is 1010. The molecule has 0 saturated heterocycles. The molecule has 2 N–H and O–H groups in total. The lowest BCUT2D eigenvalue weighted by atomic mass is 10.1. The maximum absolute atomic E-state index is 12.1. The number of fused-ring (bicyclic) bond motifs is 1. The molecule has 1 amide bonds. The zero-order valence-corrected chi connectivity index (χ0v) is 15.5. The number of imidazole rings is 1. The standard InChI is InChI=1S/C20H19N5OS/c26-18(12-10-14-6-2-1-3-7-14)23-20-25-24-19(27-20)13-11-17-21-15-8-4-5-9-16(15)22-17/h1-9H,10-13H2,(H,21,22)(H,23,25,26). The van der Waals surface area contributed by atoms with Gasteiger partial charge in [-0.25, -0.2) is 4.98 Å². The predicted molar refractivity (Wildman–Crippen MR) is 107 cm³/mol. The van der Waals surface area contributed by atoms with Crippen molar-refractivity contribution in [3.63, 3.8) is 0 Å². The van der Waals surface area contributed by atoms with Gasteiger partial charge in [0.15, 0.2) is 0 Å². The number of anilines is 1. The lowest BCUT2D eigenvalue weighted by molar-refractivity contribution is -0.116. The van der Waals surface area contributed by atoms with Crippen LogP contribution in [0.3, 0.4) is 0 Å². The first-order valence-electron chi connectivity index (χ1n) is 8.86. The van der Waals surface area contributed by atoms with Gasteiger partial charge in [-0.15, -0.1) is 10.2 Å². The largest absolute Gasteiger partial charge is 0.342 e. The number of amides is 1. The van der Waals surface area contributed by atoms with Gasteiger partial charge in [-0.1, -0.05) is 53.8 Å². The monoisotopic (exact) mass is 377 g/mol. The van der Waals surface area contributed by atoms with Crippen LogP contribution in [0.1, 0.15) is 22.8 Å². The van der Waals surface area contributed by atoms with Gasteiger partial charge in [0.25, 0.3) is 0 Å². The molecule has 0 atom stereocenters. The Morgan fingerprint density at radius 3 is 2.63 bits per heavy atom. The minimum atomic E-state index is -0.0427. The first kappa shape index (κ1) is 17.4. The van der Waals surface area contributed by atoms with E-state index < -0.39 is 0 Å². The minimum absolute atomic E-state index is 0.0427. The second-order valence-electron chi connectivity index (χ2n) is 6.24. The zero-order chi connectivity index (χ0) is 18.5. The van der Waals surface area contributed by atoms with Crippen molar-refractivity contribution in [2.45, 2.75) is 25.7 Å². The van der Waals surface area contributed by atoms with Crippen molar-refractivity contribution in [2.75, 3.05) is 5.32 Å². The third kappa shape index (κ3) is 4.57. The first-order chi connectivity index (χ1) is 13.3. The molecule has 7 heteroatoms. The van der Waals surface area contributed by atoms with Gasteiger partial charge in [0.1, 0.15) is 10.8 Å². The molecule has 2 aromatic heterocycles. The van der Waals surface area contributed by atoms with Crippen LogP contribution in [0.25, 0.3) is 11.0 Å². The Kier molecular flexibility index (Phi) is 5.20. The summed E-state index contributed by atoms with van der Waals surface area (Å²) in [6.45, 7) is 0. The number of nitrogens with zero attached hydrogens (tertiary/aromatic N) is 3. The molecule has 4 rings (SSSR count). The molecule has 6 nitrogen and oxygen atoms in total. The Labute approximate surface area is 160 Å². The molecule has 2 aromatic carbocycles. The highest BCUT2D eigenvalue weighted by atomic mass is 32.1. The topological polar surface area (TPSA) is 83.6 Å². The summed E-state index contributed by atoms with van der Waals surface area (Å²) in [4.78, 5) is 20.0. The van der Waals surface area contributed by atoms with Gasteiger partial charge in [0.05, 0.1) is 11.0 Å². The summed E-state index contributed by atoms with van der Waals surface area (Å²) < 4.78 is 0. The van der Waals surface area contributed by atoms with Crippen molar-refractivity contribution in [3.8, 4) is 0 Å². The average Bonchev–Trinajstić information content (AvgIpc) is 3.31. The maximum Gasteiger partial charge on any atom is 0.226 e. The summed E-state index contributed by atoms with van der Waals surface area (Å²) in [6.07, 6.45) is 2.63. The molecule has 2 heterocycles. The van der Waals surface area contributed by atoms with Crippen LogP contribution in [0.2, 0.25) is 0 Å². The van der Waals surface area contributed by atoms with Gasteiger partial charge in [0.2, 0.25) is 11.0 Å². The Hall–Kier alpha value is -3.06. The number of aromatic amines is 1. The van der Waals surface area contributed by atoms with E-state index in [1.165, 1.54) is 11.3 Å². The van der Waals surface area contributed by atoms with Gasteiger partial charge in [-0.3, -0.25) is 4.79 Å². The summed E-state index contributed by atoms with van der Waals surface area (Å²) in [5, 5.41) is 12.5. The van der Waals surface area contributed by atoms with Crippen LogP contribution in [-0.4, -0.2) is 26.1 Å². The molecule has 0 aliphatic carbocycles. The molecule has 0 fully saturated rings. The highest BCUT2D eigenvalue weighted by Crippen LogP contribution is 2.18. The Morgan fingerprint density at radius 2 is 1.78 bits per heavy atom.